The highest BCUT2D eigenvalue weighted by molar-refractivity contribution is 6.24. The van der Waals surface area contributed by atoms with E-state index in [0.29, 0.717) is 53.6 Å². The Morgan fingerprint density at radius 2 is 1.78 bits per heavy atom. The minimum Gasteiger partial charge on any atom is -0.480 e. The number of aliphatic carboxylic acids is 1. The quantitative estimate of drug-likeness (QED) is 0.620. The van der Waals surface area contributed by atoms with Gasteiger partial charge in [-0.15, -0.1) is 0 Å². The Morgan fingerprint density at radius 3 is 2.47 bits per heavy atom. The van der Waals surface area contributed by atoms with Gasteiger partial charge in [-0.3, -0.25) is 14.4 Å². The normalized spacial score (nSPS) is 18.6. The van der Waals surface area contributed by atoms with E-state index >= 15 is 0 Å². The summed E-state index contributed by atoms with van der Waals surface area (Å²) in [4.78, 5) is 52.4. The summed E-state index contributed by atoms with van der Waals surface area (Å²) in [6.45, 7) is 4.15. The van der Waals surface area contributed by atoms with E-state index in [2.05, 4.69) is 5.32 Å². The molecule has 2 amide bonds. The number of hydrogen-bond donors (Lipinski definition) is 2. The maximum absolute atomic E-state index is 13.4. The van der Waals surface area contributed by atoms with Gasteiger partial charge in [0.2, 0.25) is 5.91 Å². The van der Waals surface area contributed by atoms with Crippen LogP contribution in [0.2, 0.25) is 0 Å². The number of nitrogens with zero attached hydrogens (tertiary/aromatic N) is 1. The second-order valence-electron chi connectivity index (χ2n) is 8.47. The van der Waals surface area contributed by atoms with Gasteiger partial charge in [-0.05, 0) is 30.4 Å². The maximum atomic E-state index is 13.4. The fraction of sp³-hybridized carbons (Fsp3) is 0.360. The molecule has 0 saturated carbocycles. The molecule has 0 aromatic heterocycles. The van der Waals surface area contributed by atoms with Crippen LogP contribution in [0.25, 0.3) is 11.1 Å². The molecule has 3 atom stereocenters. The molecule has 7 heteroatoms. The lowest BCUT2D eigenvalue weighted by Gasteiger charge is -2.30. The minimum absolute atomic E-state index is 0.124. The largest absolute Gasteiger partial charge is 0.480 e. The zero-order valence-corrected chi connectivity index (χ0v) is 18.1. The van der Waals surface area contributed by atoms with E-state index in [1.54, 1.807) is 30.3 Å². The Bertz CT molecular complexity index is 1110. The van der Waals surface area contributed by atoms with Crippen molar-refractivity contribution >= 4 is 23.6 Å². The molecule has 3 unspecified atom stereocenters. The van der Waals surface area contributed by atoms with Gasteiger partial charge >= 0.3 is 5.97 Å². The van der Waals surface area contributed by atoms with Crippen LogP contribution in [0.4, 0.5) is 0 Å². The lowest BCUT2D eigenvalue weighted by molar-refractivity contribution is -0.149. The first-order valence-corrected chi connectivity index (χ1v) is 11.0. The van der Waals surface area contributed by atoms with Gasteiger partial charge in [0.1, 0.15) is 12.1 Å². The van der Waals surface area contributed by atoms with E-state index in [-0.39, 0.29) is 17.6 Å². The summed E-state index contributed by atoms with van der Waals surface area (Å²) < 4.78 is 0. The molecule has 1 saturated heterocycles. The van der Waals surface area contributed by atoms with Crippen LogP contribution in [0, 0.1) is 5.92 Å². The van der Waals surface area contributed by atoms with Crippen LogP contribution in [0.1, 0.15) is 59.4 Å². The molecule has 1 aliphatic carbocycles. The topological polar surface area (TPSA) is 104 Å². The number of likely N-dealkylation sites (tertiary alicyclic amines) is 1. The molecule has 1 aliphatic heterocycles. The van der Waals surface area contributed by atoms with E-state index < -0.39 is 24.0 Å². The number of nitrogens with one attached hydrogen (secondary N) is 1. The summed E-state index contributed by atoms with van der Waals surface area (Å²) >= 11 is 0. The molecule has 2 aromatic carbocycles. The van der Waals surface area contributed by atoms with Crippen LogP contribution >= 0.6 is 0 Å². The fourth-order valence-corrected chi connectivity index (χ4v) is 4.63. The zero-order valence-electron chi connectivity index (χ0n) is 18.1. The van der Waals surface area contributed by atoms with Crippen LogP contribution in [-0.2, 0) is 9.59 Å². The summed E-state index contributed by atoms with van der Waals surface area (Å²) in [5, 5.41) is 12.3. The van der Waals surface area contributed by atoms with E-state index in [0.717, 1.165) is 0 Å². The van der Waals surface area contributed by atoms with Crippen molar-refractivity contribution in [2.24, 2.45) is 5.92 Å². The average Bonchev–Trinajstić information content (AvgIpc) is 3.40. The SMILES string of the molecule is CCC(C)C(NC(=O)c1cccc2c1-c1ccccc1C2=O)C(=O)N1CCCC1C(=O)O. The molecule has 1 fully saturated rings. The molecule has 2 N–H and O–H groups in total. The van der Waals surface area contributed by atoms with Crippen LogP contribution < -0.4 is 5.32 Å². The summed E-state index contributed by atoms with van der Waals surface area (Å²) in [5.41, 5.74) is 2.63. The molecule has 0 spiro atoms. The van der Waals surface area contributed by atoms with Crippen LogP contribution in [-0.4, -0.2) is 52.2 Å². The first kappa shape index (κ1) is 21.7. The second-order valence-corrected chi connectivity index (χ2v) is 8.47. The third-order valence-corrected chi connectivity index (χ3v) is 6.58. The first-order chi connectivity index (χ1) is 15.3. The van der Waals surface area contributed by atoms with Crippen molar-refractivity contribution in [1.82, 2.24) is 10.2 Å². The van der Waals surface area contributed by atoms with Gasteiger partial charge in [-0.2, -0.15) is 0 Å². The monoisotopic (exact) mass is 434 g/mol. The Labute approximate surface area is 186 Å². The maximum Gasteiger partial charge on any atom is 0.326 e. The number of ketones is 1. The van der Waals surface area contributed by atoms with E-state index in [1.807, 2.05) is 26.0 Å². The molecular weight excluding hydrogens is 408 g/mol. The zero-order chi connectivity index (χ0) is 23.0. The second kappa shape index (κ2) is 8.57. The molecule has 1 heterocycles. The van der Waals surface area contributed by atoms with Gasteiger partial charge in [0.05, 0.1) is 0 Å². The number of rotatable bonds is 6. The summed E-state index contributed by atoms with van der Waals surface area (Å²) in [5.74, 6) is -2.16. The van der Waals surface area contributed by atoms with Gasteiger partial charge in [-0.1, -0.05) is 56.7 Å². The lowest BCUT2D eigenvalue weighted by atomic mass is 9.95. The molecule has 0 radical (unpaired) electrons. The summed E-state index contributed by atoms with van der Waals surface area (Å²) in [6, 6.07) is 10.5. The van der Waals surface area contributed by atoms with E-state index in [1.165, 1.54) is 4.90 Å². The Morgan fingerprint density at radius 1 is 1.09 bits per heavy atom. The van der Waals surface area contributed by atoms with Gasteiger partial charge in [-0.25, -0.2) is 4.79 Å². The van der Waals surface area contributed by atoms with Crippen LogP contribution in [0.3, 0.4) is 0 Å². The van der Waals surface area contributed by atoms with Crippen molar-refractivity contribution in [3.8, 4) is 11.1 Å². The molecule has 32 heavy (non-hydrogen) atoms. The molecule has 166 valence electrons. The summed E-state index contributed by atoms with van der Waals surface area (Å²) in [7, 11) is 0. The standard InChI is InChI=1S/C25H26N2O5/c1-3-14(2)21(24(30)27-13-7-12-19(27)25(31)32)26-23(29)18-11-6-10-17-20(18)15-8-4-5-9-16(15)22(17)28/h4-6,8-11,14,19,21H,3,7,12-13H2,1-2H3,(H,26,29)(H,31,32). The minimum atomic E-state index is -1.03. The van der Waals surface area contributed by atoms with Crippen molar-refractivity contribution in [2.45, 2.75) is 45.2 Å². The fourth-order valence-electron chi connectivity index (χ4n) is 4.63. The number of benzene rings is 2. The van der Waals surface area contributed by atoms with Crippen LogP contribution in [0.5, 0.6) is 0 Å². The molecule has 2 aromatic rings. The number of carbonyl (C=O) groups excluding carboxylic acids is 3. The van der Waals surface area contributed by atoms with Crippen molar-refractivity contribution < 1.29 is 24.3 Å². The Balaban J connectivity index is 1.66. The highest BCUT2D eigenvalue weighted by atomic mass is 16.4. The summed E-state index contributed by atoms with van der Waals surface area (Å²) in [6.07, 6.45) is 1.67. The molecular formula is C25H26N2O5. The highest BCUT2D eigenvalue weighted by Crippen LogP contribution is 2.38. The number of carboxylic acids is 1. The molecule has 2 aliphatic rings. The number of fused-ring (bicyclic) bond motifs is 3. The van der Waals surface area contributed by atoms with E-state index in [9.17, 15) is 24.3 Å². The number of hydrogen-bond acceptors (Lipinski definition) is 4. The van der Waals surface area contributed by atoms with Crippen molar-refractivity contribution in [1.29, 1.82) is 0 Å². The van der Waals surface area contributed by atoms with Gasteiger partial charge in [0, 0.05) is 28.8 Å². The van der Waals surface area contributed by atoms with Crippen LogP contribution in [0.15, 0.2) is 42.5 Å². The van der Waals surface area contributed by atoms with Gasteiger partial charge < -0.3 is 15.3 Å². The van der Waals surface area contributed by atoms with Crippen molar-refractivity contribution in [3.05, 3.63) is 59.2 Å². The third-order valence-electron chi connectivity index (χ3n) is 6.58. The van der Waals surface area contributed by atoms with Gasteiger partial charge in [0.25, 0.3) is 5.91 Å². The number of amides is 2. The Hall–Kier alpha value is -3.48. The predicted octanol–water partition coefficient (Wildman–Crippen LogP) is 3.12. The molecule has 0 bridgehead atoms. The first-order valence-electron chi connectivity index (χ1n) is 11.0. The third kappa shape index (κ3) is 3.57. The lowest BCUT2D eigenvalue weighted by Crippen LogP contribution is -2.54. The number of carbonyl (C=O) groups is 4. The van der Waals surface area contributed by atoms with Crippen molar-refractivity contribution in [3.63, 3.8) is 0 Å². The average molecular weight is 434 g/mol. The van der Waals surface area contributed by atoms with Gasteiger partial charge in [0.15, 0.2) is 5.78 Å². The Kier molecular flexibility index (Phi) is 5.82. The molecule has 4 rings (SSSR count). The highest BCUT2D eigenvalue weighted by Gasteiger charge is 2.39. The molecule has 7 nitrogen and oxygen atoms in total. The number of carboxylic acid groups (broad SMARTS) is 1. The van der Waals surface area contributed by atoms with Crippen molar-refractivity contribution in [2.75, 3.05) is 6.54 Å². The smallest absolute Gasteiger partial charge is 0.326 e. The predicted molar refractivity (Wildman–Crippen MR) is 118 cm³/mol. The van der Waals surface area contributed by atoms with E-state index in [4.69, 9.17) is 0 Å².